The Kier molecular flexibility index (Phi) is 6.57. The molecule has 0 bridgehead atoms. The summed E-state index contributed by atoms with van der Waals surface area (Å²) >= 11 is 7.04. The fraction of sp³-hybridized carbons (Fsp3) is 0.571. The minimum atomic E-state index is 0.384. The van der Waals surface area contributed by atoms with Gasteiger partial charge >= 0.3 is 0 Å². The van der Waals surface area contributed by atoms with E-state index in [9.17, 15) is 0 Å². The molecule has 0 atom stereocenters. The molecule has 0 aromatic heterocycles. The van der Waals surface area contributed by atoms with Crippen LogP contribution >= 0.6 is 31.9 Å². The van der Waals surface area contributed by atoms with Crippen LogP contribution in [0.25, 0.3) is 0 Å². The van der Waals surface area contributed by atoms with Crippen molar-refractivity contribution in [3.63, 3.8) is 0 Å². The van der Waals surface area contributed by atoms with Gasteiger partial charge in [-0.2, -0.15) is 0 Å². The number of alkyl halides is 1. The van der Waals surface area contributed by atoms with E-state index in [2.05, 4.69) is 45.7 Å². The first-order valence-corrected chi connectivity index (χ1v) is 8.01. The lowest BCUT2D eigenvalue weighted by Crippen LogP contribution is -2.23. The fourth-order valence-electron chi connectivity index (χ4n) is 1.78. The van der Waals surface area contributed by atoms with Gasteiger partial charge in [0.1, 0.15) is 5.75 Å². The van der Waals surface area contributed by atoms with Gasteiger partial charge in [-0.05, 0) is 48.9 Å². The standard InChI is InChI=1S/C14H20Br2O/c1-3-14(4-2,11-15)9-10-17-13-7-5-12(16)6-8-13/h5-8H,3-4,9-11H2,1-2H3. The van der Waals surface area contributed by atoms with E-state index in [4.69, 9.17) is 4.74 Å². The SMILES string of the molecule is CCC(CC)(CBr)CCOc1ccc(Br)cc1. The lowest BCUT2D eigenvalue weighted by Gasteiger charge is -2.29. The van der Waals surface area contributed by atoms with Crippen molar-refractivity contribution in [1.29, 1.82) is 0 Å². The molecule has 0 N–H and O–H groups in total. The van der Waals surface area contributed by atoms with Crippen molar-refractivity contribution < 1.29 is 4.74 Å². The maximum Gasteiger partial charge on any atom is 0.119 e. The molecule has 1 nitrogen and oxygen atoms in total. The maximum absolute atomic E-state index is 5.78. The van der Waals surface area contributed by atoms with Crippen LogP contribution in [-0.4, -0.2) is 11.9 Å². The molecule has 96 valence electrons. The van der Waals surface area contributed by atoms with E-state index in [0.717, 1.165) is 28.6 Å². The van der Waals surface area contributed by atoms with Crippen molar-refractivity contribution in [1.82, 2.24) is 0 Å². The summed E-state index contributed by atoms with van der Waals surface area (Å²) in [6, 6.07) is 8.01. The lowest BCUT2D eigenvalue weighted by molar-refractivity contribution is 0.205. The number of rotatable bonds is 7. The molecule has 0 unspecified atom stereocenters. The van der Waals surface area contributed by atoms with Crippen LogP contribution in [-0.2, 0) is 0 Å². The van der Waals surface area contributed by atoms with E-state index < -0.39 is 0 Å². The van der Waals surface area contributed by atoms with Crippen molar-refractivity contribution in [2.45, 2.75) is 33.1 Å². The Morgan fingerprint density at radius 2 is 1.71 bits per heavy atom. The Labute approximate surface area is 121 Å². The van der Waals surface area contributed by atoms with Gasteiger partial charge in [0.15, 0.2) is 0 Å². The van der Waals surface area contributed by atoms with Gasteiger partial charge in [0, 0.05) is 9.80 Å². The fourth-order valence-corrected chi connectivity index (χ4v) is 3.11. The smallest absolute Gasteiger partial charge is 0.119 e. The zero-order chi connectivity index (χ0) is 12.7. The molecule has 0 saturated heterocycles. The first kappa shape index (κ1) is 15.0. The number of benzene rings is 1. The Morgan fingerprint density at radius 3 is 2.18 bits per heavy atom. The van der Waals surface area contributed by atoms with Crippen LogP contribution in [0.3, 0.4) is 0 Å². The molecule has 0 aliphatic carbocycles. The molecule has 0 fully saturated rings. The van der Waals surface area contributed by atoms with Gasteiger partial charge in [-0.25, -0.2) is 0 Å². The Balaban J connectivity index is 2.43. The summed E-state index contributed by atoms with van der Waals surface area (Å²) in [7, 11) is 0. The zero-order valence-electron chi connectivity index (χ0n) is 10.5. The summed E-state index contributed by atoms with van der Waals surface area (Å²) in [5, 5.41) is 1.05. The van der Waals surface area contributed by atoms with Crippen molar-refractivity contribution in [2.75, 3.05) is 11.9 Å². The quantitative estimate of drug-likeness (QED) is 0.587. The van der Waals surface area contributed by atoms with Gasteiger partial charge in [-0.3, -0.25) is 0 Å². The normalized spacial score (nSPS) is 11.5. The summed E-state index contributed by atoms with van der Waals surface area (Å²) < 4.78 is 6.87. The highest BCUT2D eigenvalue weighted by Crippen LogP contribution is 2.32. The number of halogens is 2. The van der Waals surface area contributed by atoms with Gasteiger partial charge in [-0.1, -0.05) is 45.7 Å². The molecule has 1 aromatic rings. The molecule has 0 aliphatic heterocycles. The number of hydrogen-bond donors (Lipinski definition) is 0. The molecule has 17 heavy (non-hydrogen) atoms. The second-order valence-electron chi connectivity index (χ2n) is 4.39. The number of hydrogen-bond acceptors (Lipinski definition) is 1. The lowest BCUT2D eigenvalue weighted by atomic mass is 9.82. The molecular formula is C14H20Br2O. The third-order valence-electron chi connectivity index (χ3n) is 3.50. The van der Waals surface area contributed by atoms with Gasteiger partial charge in [0.05, 0.1) is 6.61 Å². The van der Waals surface area contributed by atoms with Crippen LogP contribution < -0.4 is 4.74 Å². The van der Waals surface area contributed by atoms with E-state index in [1.165, 1.54) is 12.8 Å². The van der Waals surface area contributed by atoms with Crippen molar-refractivity contribution >= 4 is 31.9 Å². The molecule has 0 spiro atoms. The predicted octanol–water partition coefficient (Wildman–Crippen LogP) is 5.42. The molecule has 0 amide bonds. The van der Waals surface area contributed by atoms with Crippen LogP contribution in [0, 0.1) is 5.41 Å². The van der Waals surface area contributed by atoms with E-state index in [-0.39, 0.29) is 0 Å². The highest BCUT2D eigenvalue weighted by Gasteiger charge is 2.24. The highest BCUT2D eigenvalue weighted by molar-refractivity contribution is 9.10. The van der Waals surface area contributed by atoms with Gasteiger partial charge in [-0.15, -0.1) is 0 Å². The average molecular weight is 364 g/mol. The third kappa shape index (κ3) is 4.63. The minimum absolute atomic E-state index is 0.384. The van der Waals surface area contributed by atoms with E-state index >= 15 is 0 Å². The third-order valence-corrected chi connectivity index (χ3v) is 5.22. The molecule has 1 rings (SSSR count). The summed E-state index contributed by atoms with van der Waals surface area (Å²) in [4.78, 5) is 0. The maximum atomic E-state index is 5.78. The summed E-state index contributed by atoms with van der Waals surface area (Å²) in [5.41, 5.74) is 0.384. The van der Waals surface area contributed by atoms with Crippen LogP contribution in [0.1, 0.15) is 33.1 Å². The molecule has 1 aromatic carbocycles. The molecule has 3 heteroatoms. The van der Waals surface area contributed by atoms with E-state index in [0.29, 0.717) is 5.41 Å². The zero-order valence-corrected chi connectivity index (χ0v) is 13.7. The molecule has 0 radical (unpaired) electrons. The number of ether oxygens (including phenoxy) is 1. The largest absolute Gasteiger partial charge is 0.494 e. The summed E-state index contributed by atoms with van der Waals surface area (Å²) in [6.45, 7) is 5.30. The van der Waals surface area contributed by atoms with E-state index in [1.54, 1.807) is 0 Å². The minimum Gasteiger partial charge on any atom is -0.494 e. The molecule has 0 aliphatic rings. The highest BCUT2D eigenvalue weighted by atomic mass is 79.9. The monoisotopic (exact) mass is 362 g/mol. The van der Waals surface area contributed by atoms with Crippen molar-refractivity contribution in [3.05, 3.63) is 28.7 Å². The summed E-state index contributed by atoms with van der Waals surface area (Å²) in [5.74, 6) is 0.948. The van der Waals surface area contributed by atoms with Gasteiger partial charge in [0.25, 0.3) is 0 Å². The Morgan fingerprint density at radius 1 is 1.12 bits per heavy atom. The topological polar surface area (TPSA) is 9.23 Å². The molecular weight excluding hydrogens is 344 g/mol. The van der Waals surface area contributed by atoms with Crippen molar-refractivity contribution in [3.8, 4) is 5.75 Å². The van der Waals surface area contributed by atoms with Crippen LogP contribution in [0.5, 0.6) is 5.75 Å². The average Bonchev–Trinajstić information content (AvgIpc) is 2.38. The van der Waals surface area contributed by atoms with E-state index in [1.807, 2.05) is 24.3 Å². The Bertz CT molecular complexity index is 309. The predicted molar refractivity (Wildman–Crippen MR) is 81.1 cm³/mol. The van der Waals surface area contributed by atoms with Crippen LogP contribution in [0.4, 0.5) is 0 Å². The second kappa shape index (κ2) is 7.42. The van der Waals surface area contributed by atoms with Crippen LogP contribution in [0.15, 0.2) is 28.7 Å². The molecule has 0 heterocycles. The first-order valence-electron chi connectivity index (χ1n) is 6.10. The van der Waals surface area contributed by atoms with Gasteiger partial charge < -0.3 is 4.74 Å². The molecule has 0 saturated carbocycles. The van der Waals surface area contributed by atoms with Crippen LogP contribution in [0.2, 0.25) is 0 Å². The Hall–Kier alpha value is -0.0200. The second-order valence-corrected chi connectivity index (χ2v) is 5.87. The first-order chi connectivity index (χ1) is 8.15. The van der Waals surface area contributed by atoms with Crippen molar-refractivity contribution in [2.24, 2.45) is 5.41 Å². The van der Waals surface area contributed by atoms with Gasteiger partial charge in [0.2, 0.25) is 0 Å². The summed E-state index contributed by atoms with van der Waals surface area (Å²) in [6.07, 6.45) is 3.48.